The molecule has 0 saturated heterocycles. The predicted octanol–water partition coefficient (Wildman–Crippen LogP) is 3.94. The van der Waals surface area contributed by atoms with Crippen molar-refractivity contribution in [2.24, 2.45) is 0 Å². The molecule has 0 aliphatic rings. The Hall–Kier alpha value is -3.42. The molecule has 152 valence electrons. The first-order valence-electron chi connectivity index (χ1n) is 9.53. The Balaban J connectivity index is 1.35. The van der Waals surface area contributed by atoms with E-state index >= 15 is 0 Å². The Bertz CT molecular complexity index is 1280. The van der Waals surface area contributed by atoms with Gasteiger partial charge in [0.15, 0.2) is 0 Å². The number of hydrogen-bond donors (Lipinski definition) is 2. The minimum Gasteiger partial charge on any atom is -0.326 e. The zero-order valence-corrected chi connectivity index (χ0v) is 17.0. The molecule has 0 aliphatic carbocycles. The van der Waals surface area contributed by atoms with Crippen LogP contribution in [0.5, 0.6) is 0 Å². The van der Waals surface area contributed by atoms with Crippen LogP contribution in [0.4, 0.5) is 5.69 Å². The summed E-state index contributed by atoms with van der Waals surface area (Å²) in [6.45, 7) is 0.0122. The molecule has 4 rings (SSSR count). The molecule has 7 heteroatoms. The number of amides is 1. The van der Waals surface area contributed by atoms with Crippen LogP contribution in [0.1, 0.15) is 6.42 Å². The lowest BCUT2D eigenvalue weighted by Gasteiger charge is -2.10. The predicted molar refractivity (Wildman–Crippen MR) is 118 cm³/mol. The van der Waals surface area contributed by atoms with E-state index < -0.39 is 10.0 Å². The summed E-state index contributed by atoms with van der Waals surface area (Å²) in [7, 11) is -3.69. The Labute approximate surface area is 175 Å². The van der Waals surface area contributed by atoms with Crippen molar-refractivity contribution in [1.29, 1.82) is 0 Å². The Morgan fingerprint density at radius 2 is 1.60 bits per heavy atom. The van der Waals surface area contributed by atoms with Crippen molar-refractivity contribution in [2.75, 3.05) is 11.9 Å². The van der Waals surface area contributed by atoms with Crippen molar-refractivity contribution in [2.45, 2.75) is 11.3 Å². The number of rotatable bonds is 7. The van der Waals surface area contributed by atoms with Crippen LogP contribution in [0.25, 0.3) is 16.5 Å². The van der Waals surface area contributed by atoms with Gasteiger partial charge in [0.25, 0.3) is 0 Å². The van der Waals surface area contributed by atoms with Gasteiger partial charge in [-0.3, -0.25) is 4.79 Å². The molecule has 0 spiro atoms. The Morgan fingerprint density at radius 3 is 2.40 bits per heavy atom. The maximum absolute atomic E-state index is 12.5. The minimum atomic E-state index is -3.69. The highest BCUT2D eigenvalue weighted by Gasteiger charge is 2.15. The van der Waals surface area contributed by atoms with E-state index in [2.05, 4.69) is 10.0 Å². The summed E-state index contributed by atoms with van der Waals surface area (Å²) < 4.78 is 29.5. The lowest BCUT2D eigenvalue weighted by molar-refractivity contribution is -0.116. The van der Waals surface area contributed by atoms with Gasteiger partial charge in [0, 0.05) is 36.7 Å². The number of nitrogens with zero attached hydrogens (tertiary/aromatic N) is 1. The first kappa shape index (κ1) is 19.9. The number of aromatic nitrogens is 1. The molecule has 0 saturated carbocycles. The van der Waals surface area contributed by atoms with Gasteiger partial charge in [-0.05, 0) is 53.2 Å². The number of fused-ring (bicyclic) bond motifs is 1. The summed E-state index contributed by atoms with van der Waals surface area (Å²) in [5, 5.41) is 4.63. The highest BCUT2D eigenvalue weighted by molar-refractivity contribution is 7.89. The molecule has 3 aromatic carbocycles. The molecule has 1 heterocycles. The number of hydrogen-bond acceptors (Lipinski definition) is 3. The third kappa shape index (κ3) is 4.59. The van der Waals surface area contributed by atoms with E-state index in [0.717, 1.165) is 16.5 Å². The highest BCUT2D eigenvalue weighted by Crippen LogP contribution is 2.19. The highest BCUT2D eigenvalue weighted by atomic mass is 32.2. The average molecular weight is 420 g/mol. The number of anilines is 1. The molecule has 0 aliphatic heterocycles. The summed E-state index contributed by atoms with van der Waals surface area (Å²) in [6, 6.07) is 23.8. The van der Waals surface area contributed by atoms with E-state index in [4.69, 9.17) is 0 Å². The van der Waals surface area contributed by atoms with Crippen molar-refractivity contribution in [1.82, 2.24) is 9.29 Å². The van der Waals surface area contributed by atoms with Crippen LogP contribution in [0.3, 0.4) is 0 Å². The summed E-state index contributed by atoms with van der Waals surface area (Å²) in [5.41, 5.74) is 1.58. The largest absolute Gasteiger partial charge is 0.326 e. The molecular formula is C23H21N3O3S. The third-order valence-electron chi connectivity index (χ3n) is 4.71. The Morgan fingerprint density at radius 1 is 0.833 bits per heavy atom. The van der Waals surface area contributed by atoms with E-state index in [0.29, 0.717) is 5.69 Å². The second kappa shape index (κ2) is 8.52. The van der Waals surface area contributed by atoms with Gasteiger partial charge >= 0.3 is 0 Å². The summed E-state index contributed by atoms with van der Waals surface area (Å²) in [4.78, 5) is 12.4. The van der Waals surface area contributed by atoms with Crippen molar-refractivity contribution < 1.29 is 13.2 Å². The standard InChI is InChI=1S/C23H21N3O3S/c27-23(25-20-8-5-9-21(17-20)26-14-3-4-15-26)12-13-24-30(28,29)22-11-10-18-6-1-2-7-19(18)16-22/h1-11,14-17,24H,12-13H2,(H,25,27). The van der Waals surface area contributed by atoms with Gasteiger partial charge in [0.05, 0.1) is 4.90 Å². The number of benzene rings is 3. The molecule has 0 radical (unpaired) electrons. The molecule has 0 atom stereocenters. The number of sulfonamides is 1. The van der Waals surface area contributed by atoms with Crippen molar-refractivity contribution in [3.8, 4) is 5.69 Å². The van der Waals surface area contributed by atoms with Crippen LogP contribution in [0, 0.1) is 0 Å². The summed E-state index contributed by atoms with van der Waals surface area (Å²) >= 11 is 0. The second-order valence-electron chi connectivity index (χ2n) is 6.85. The van der Waals surface area contributed by atoms with Gasteiger partial charge in [0.1, 0.15) is 0 Å². The van der Waals surface area contributed by atoms with Crippen molar-refractivity contribution in [3.05, 3.63) is 91.3 Å². The molecule has 1 amide bonds. The normalized spacial score (nSPS) is 11.5. The quantitative estimate of drug-likeness (QED) is 0.476. The van der Waals surface area contributed by atoms with Gasteiger partial charge in [-0.25, -0.2) is 13.1 Å². The zero-order valence-electron chi connectivity index (χ0n) is 16.2. The van der Waals surface area contributed by atoms with Crippen LogP contribution < -0.4 is 10.0 Å². The van der Waals surface area contributed by atoms with Gasteiger partial charge in [0.2, 0.25) is 15.9 Å². The fraction of sp³-hybridized carbons (Fsp3) is 0.0870. The number of carbonyl (C=O) groups is 1. The smallest absolute Gasteiger partial charge is 0.240 e. The summed E-state index contributed by atoms with van der Waals surface area (Å²) in [6.07, 6.45) is 3.87. The van der Waals surface area contributed by atoms with E-state index in [1.54, 1.807) is 24.3 Å². The van der Waals surface area contributed by atoms with E-state index in [9.17, 15) is 13.2 Å². The zero-order chi connectivity index (χ0) is 21.0. The maximum Gasteiger partial charge on any atom is 0.240 e. The lowest BCUT2D eigenvalue weighted by atomic mass is 10.1. The van der Waals surface area contributed by atoms with E-state index in [1.807, 2.05) is 71.6 Å². The first-order valence-corrected chi connectivity index (χ1v) is 11.0. The average Bonchev–Trinajstić information content (AvgIpc) is 3.28. The topological polar surface area (TPSA) is 80.2 Å². The molecular weight excluding hydrogens is 398 g/mol. The van der Waals surface area contributed by atoms with Crippen LogP contribution in [0.2, 0.25) is 0 Å². The fourth-order valence-corrected chi connectivity index (χ4v) is 4.26. The SMILES string of the molecule is O=C(CCNS(=O)(=O)c1ccc2ccccc2c1)Nc1cccc(-n2cccc2)c1. The third-order valence-corrected chi connectivity index (χ3v) is 6.17. The van der Waals surface area contributed by atoms with Gasteiger partial charge in [-0.1, -0.05) is 36.4 Å². The second-order valence-corrected chi connectivity index (χ2v) is 8.61. The van der Waals surface area contributed by atoms with Crippen LogP contribution >= 0.6 is 0 Å². The van der Waals surface area contributed by atoms with Gasteiger partial charge in [-0.15, -0.1) is 0 Å². The number of nitrogens with one attached hydrogen (secondary N) is 2. The first-order chi connectivity index (χ1) is 14.5. The monoisotopic (exact) mass is 419 g/mol. The van der Waals surface area contributed by atoms with Gasteiger partial charge < -0.3 is 9.88 Å². The van der Waals surface area contributed by atoms with Gasteiger partial charge in [-0.2, -0.15) is 0 Å². The van der Waals surface area contributed by atoms with Crippen molar-refractivity contribution in [3.63, 3.8) is 0 Å². The lowest BCUT2D eigenvalue weighted by Crippen LogP contribution is -2.27. The minimum absolute atomic E-state index is 0.0122. The molecule has 30 heavy (non-hydrogen) atoms. The van der Waals surface area contributed by atoms with E-state index in [-0.39, 0.29) is 23.8 Å². The molecule has 0 fully saturated rings. The number of carbonyl (C=O) groups excluding carboxylic acids is 1. The summed E-state index contributed by atoms with van der Waals surface area (Å²) in [5.74, 6) is -0.263. The molecule has 6 nitrogen and oxygen atoms in total. The maximum atomic E-state index is 12.5. The Kier molecular flexibility index (Phi) is 5.65. The van der Waals surface area contributed by atoms with E-state index in [1.165, 1.54) is 0 Å². The molecule has 0 unspecified atom stereocenters. The molecule has 2 N–H and O–H groups in total. The molecule has 1 aromatic heterocycles. The van der Waals surface area contributed by atoms with Crippen molar-refractivity contribution >= 4 is 32.4 Å². The van der Waals surface area contributed by atoms with Crippen LogP contribution in [-0.2, 0) is 14.8 Å². The van der Waals surface area contributed by atoms with Crippen LogP contribution in [-0.4, -0.2) is 25.4 Å². The van der Waals surface area contributed by atoms with Crippen LogP contribution in [0.15, 0.2) is 96.2 Å². The molecule has 4 aromatic rings. The molecule has 0 bridgehead atoms. The fourth-order valence-electron chi connectivity index (χ4n) is 3.19.